The first-order valence-electron chi connectivity index (χ1n) is 27.6. The first kappa shape index (κ1) is 64.4. The molecule has 0 aliphatic carbocycles. The van der Waals surface area contributed by atoms with Crippen LogP contribution in [0.25, 0.3) is 32.7 Å². The number of carbonyl (C=O) groups is 3. The summed E-state index contributed by atoms with van der Waals surface area (Å²) in [6.45, 7) is 0.339. The third-order valence-electron chi connectivity index (χ3n) is 13.8. The zero-order valence-electron chi connectivity index (χ0n) is 49.8. The number of aromatic hydroxyl groups is 1. The van der Waals surface area contributed by atoms with Crippen LogP contribution in [0.3, 0.4) is 0 Å². The minimum absolute atomic E-state index is 0.00781. The quantitative estimate of drug-likeness (QED) is 0.0619. The number of sulfone groups is 1. The summed E-state index contributed by atoms with van der Waals surface area (Å²) >= 11 is 0. The summed E-state index contributed by atoms with van der Waals surface area (Å²) in [4.78, 5) is 62.4. The maximum absolute atomic E-state index is 13.3. The number of pyridine rings is 6. The zero-order chi connectivity index (χ0) is 64.8. The molecule has 6 heterocycles. The normalized spacial score (nSPS) is 11.0. The molecule has 11 rings (SSSR count). The molecule has 91 heavy (non-hydrogen) atoms. The molecule has 6 aromatic heterocycles. The van der Waals surface area contributed by atoms with Crippen molar-refractivity contribution in [2.24, 2.45) is 0 Å². The van der Waals surface area contributed by atoms with E-state index in [4.69, 9.17) is 28.4 Å². The summed E-state index contributed by atoms with van der Waals surface area (Å²) in [5.41, 5.74) is 7.09. The second-order valence-electron chi connectivity index (χ2n) is 20.1. The van der Waals surface area contributed by atoms with Crippen LogP contribution in [-0.4, -0.2) is 103 Å². The largest absolute Gasteiger partial charge is 0.504 e. The van der Waals surface area contributed by atoms with Gasteiger partial charge in [-0.3, -0.25) is 15.0 Å². The summed E-state index contributed by atoms with van der Waals surface area (Å²) < 4.78 is 102. The number of methoxy groups -OCH3 is 5. The molecule has 0 radical (unpaired) electrons. The summed E-state index contributed by atoms with van der Waals surface area (Å²) in [5, 5.41) is 11.2. The summed E-state index contributed by atoms with van der Waals surface area (Å²) in [7, 11) is 2.69. The molecule has 0 bridgehead atoms. The average molecular weight is 1260 g/mol. The van der Waals surface area contributed by atoms with E-state index in [9.17, 15) is 41.1 Å². The molecule has 23 heteroatoms. The van der Waals surface area contributed by atoms with E-state index < -0.39 is 27.7 Å². The second-order valence-corrected chi connectivity index (χ2v) is 22.1. The van der Waals surface area contributed by atoms with Crippen LogP contribution in [0.4, 0.5) is 13.2 Å². The molecule has 1 N–H and O–H groups in total. The van der Waals surface area contributed by atoms with Gasteiger partial charge in [-0.25, -0.2) is 50.9 Å². The lowest BCUT2D eigenvalue weighted by atomic mass is 10.0. The van der Waals surface area contributed by atoms with E-state index in [0.29, 0.717) is 41.1 Å². The molecule has 0 fully saturated rings. The highest BCUT2D eigenvalue weighted by Gasteiger charge is 2.28. The Morgan fingerprint density at radius 2 is 0.769 bits per heavy atom. The van der Waals surface area contributed by atoms with Crippen LogP contribution in [-0.2, 0) is 56.5 Å². The summed E-state index contributed by atoms with van der Waals surface area (Å²) in [6.07, 6.45) is 7.30. The van der Waals surface area contributed by atoms with E-state index in [1.54, 1.807) is 67.1 Å². The maximum Gasteiger partial charge on any atom is 0.360 e. The number of hydrogen-bond donors (Lipinski definition) is 1. The molecule has 11 aromatic rings. The van der Waals surface area contributed by atoms with Gasteiger partial charge in [0.1, 0.15) is 47.2 Å². The van der Waals surface area contributed by atoms with Gasteiger partial charge in [-0.1, -0.05) is 97.1 Å². The van der Waals surface area contributed by atoms with E-state index in [-0.39, 0.29) is 98.2 Å². The molecule has 0 saturated carbocycles. The van der Waals surface area contributed by atoms with E-state index in [0.717, 1.165) is 45.2 Å². The van der Waals surface area contributed by atoms with Crippen LogP contribution in [0.2, 0.25) is 0 Å². The number of benzene rings is 5. The third kappa shape index (κ3) is 15.8. The van der Waals surface area contributed by atoms with Crippen molar-refractivity contribution in [2.75, 3.05) is 41.8 Å². The lowest BCUT2D eigenvalue weighted by Crippen LogP contribution is -2.14. The second kappa shape index (κ2) is 29.3. The smallest absolute Gasteiger partial charge is 0.360 e. The van der Waals surface area contributed by atoms with Crippen molar-refractivity contribution in [3.05, 3.63) is 249 Å². The Kier molecular flexibility index (Phi) is 20.7. The molecule has 0 spiro atoms. The van der Waals surface area contributed by atoms with Gasteiger partial charge in [0.2, 0.25) is 11.8 Å². The number of rotatable bonds is 18. The van der Waals surface area contributed by atoms with Crippen LogP contribution in [0.15, 0.2) is 175 Å². The van der Waals surface area contributed by atoms with Gasteiger partial charge in [0.25, 0.3) is 0 Å². The molecule has 0 amide bonds. The van der Waals surface area contributed by atoms with Crippen LogP contribution in [0.5, 0.6) is 29.0 Å². The number of carbonyl (C=O) groups excluding carboxylic acids is 3. The molecular weight excluding hydrogens is 1200 g/mol. The first-order valence-corrected chi connectivity index (χ1v) is 29.5. The molecule has 0 aliphatic rings. The third-order valence-corrected chi connectivity index (χ3v) is 14.8. The lowest BCUT2D eigenvalue weighted by molar-refractivity contribution is 0.0578. The predicted octanol–water partition coefficient (Wildman–Crippen LogP) is 11.7. The Morgan fingerprint density at radius 3 is 1.15 bits per heavy atom. The van der Waals surface area contributed by atoms with Crippen molar-refractivity contribution in [3.63, 3.8) is 0 Å². The van der Waals surface area contributed by atoms with E-state index >= 15 is 0 Å². The van der Waals surface area contributed by atoms with Crippen molar-refractivity contribution in [1.29, 1.82) is 0 Å². The number of aromatic nitrogens is 6. The van der Waals surface area contributed by atoms with Crippen LogP contribution < -0.4 is 18.9 Å². The molecule has 0 saturated heterocycles. The van der Waals surface area contributed by atoms with Crippen molar-refractivity contribution in [3.8, 4) is 29.0 Å². The predicted molar refractivity (Wildman–Crippen MR) is 330 cm³/mol. The molecule has 5 aromatic carbocycles. The zero-order valence-corrected chi connectivity index (χ0v) is 50.6. The number of fused-ring (bicyclic) bond motifs is 3. The fourth-order valence-corrected chi connectivity index (χ4v) is 10.2. The number of esters is 3. The minimum Gasteiger partial charge on any atom is -0.504 e. The number of nitrogens with zero attached hydrogens (tertiary/aromatic N) is 6. The molecular formula is C68H57F3N6O13S. The van der Waals surface area contributed by atoms with Gasteiger partial charge in [-0.2, -0.15) is 0 Å². The van der Waals surface area contributed by atoms with Gasteiger partial charge in [0.05, 0.1) is 46.3 Å². The molecule has 464 valence electrons. The summed E-state index contributed by atoms with van der Waals surface area (Å²) in [6, 6.07) is 42.6. The molecule has 19 nitrogen and oxygen atoms in total. The molecule has 0 aliphatic heterocycles. The highest BCUT2D eigenvalue weighted by molar-refractivity contribution is 7.90. The SMILES string of the molecule is COC(=O)c1nc(OC)c2cc(Cc3ccc(F)cc3)cnc2c1O.COC(=O)c1nc(OC)c2cc(Cc3ccc(F)cc3)cnc2c1OCc1ccccc1.COC(=O)c1nc(S(C)(=O)=O)c2cc(Cc3ccc(F)cc3)cnc2c1OCc1ccccc1. The molecule has 0 unspecified atom stereocenters. The number of ether oxygens (including phenoxy) is 7. The van der Waals surface area contributed by atoms with E-state index in [2.05, 4.69) is 34.6 Å². The number of hydrogen-bond acceptors (Lipinski definition) is 19. The van der Waals surface area contributed by atoms with Gasteiger partial charge in [0.15, 0.2) is 49.2 Å². The topological polar surface area (TPSA) is 248 Å². The van der Waals surface area contributed by atoms with Crippen molar-refractivity contribution < 1.29 is 74.2 Å². The van der Waals surface area contributed by atoms with Crippen LogP contribution >= 0.6 is 0 Å². The van der Waals surface area contributed by atoms with Gasteiger partial charge >= 0.3 is 17.9 Å². The fourth-order valence-electron chi connectivity index (χ4n) is 9.38. The standard InChI is InChI=1S/C25H21FN2O5S.C25H21FN2O4.C18H15FN2O4/c1-32-25(29)22-23(33-15-17-6-4-3-5-7-17)21-20(24(28-22)34(2,30)31)13-18(14-27-21)12-16-8-10-19(26)11-9-16;1-30-24-20-13-18(12-16-8-10-19(26)11-9-16)14-27-21(20)23(22(28-24)25(29)31-2)32-15-17-6-4-3-5-7-17;1-24-17-13-8-11(7-10-3-5-12(19)6-4-10)9-20-14(13)16(22)15(21-17)18(23)25-2/h3-11,13-14H,12,15H2,1-2H3;3-11,13-14H,12,15H2,1-2H3;3-6,8-9,22H,7H2,1-2H3. The van der Waals surface area contributed by atoms with Gasteiger partial charge in [0, 0.05) is 30.2 Å². The minimum atomic E-state index is -3.84. The Labute approximate surface area is 520 Å². The Morgan fingerprint density at radius 1 is 0.429 bits per heavy atom. The van der Waals surface area contributed by atoms with E-state index in [1.165, 1.54) is 71.9 Å². The molecule has 0 atom stereocenters. The highest BCUT2D eigenvalue weighted by atomic mass is 32.2. The fraction of sp³-hybridized carbons (Fsp3) is 0.162. The van der Waals surface area contributed by atoms with E-state index in [1.807, 2.05) is 66.7 Å². The van der Waals surface area contributed by atoms with Crippen molar-refractivity contribution in [2.45, 2.75) is 37.5 Å². The monoisotopic (exact) mass is 1250 g/mol. The summed E-state index contributed by atoms with van der Waals surface area (Å²) in [5.74, 6) is -2.92. The van der Waals surface area contributed by atoms with Crippen molar-refractivity contribution >= 4 is 60.5 Å². The van der Waals surface area contributed by atoms with Crippen molar-refractivity contribution in [1.82, 2.24) is 29.9 Å². The van der Waals surface area contributed by atoms with Gasteiger partial charge in [-0.15, -0.1) is 0 Å². The average Bonchev–Trinajstić information content (AvgIpc) is 1.10. The lowest BCUT2D eigenvalue weighted by Gasteiger charge is -2.15. The number of halogens is 3. The van der Waals surface area contributed by atoms with Crippen LogP contribution in [0, 0.1) is 17.5 Å². The van der Waals surface area contributed by atoms with Gasteiger partial charge < -0.3 is 38.3 Å². The van der Waals surface area contributed by atoms with Gasteiger partial charge in [-0.05, 0) is 118 Å². The highest BCUT2D eigenvalue weighted by Crippen LogP contribution is 2.37. The Hall–Kier alpha value is -11.1. The first-order chi connectivity index (χ1) is 43.9. The Balaban J connectivity index is 0.000000163. The maximum atomic E-state index is 13.3. The van der Waals surface area contributed by atoms with Crippen LogP contribution in [0.1, 0.15) is 76.0 Å². The Bertz CT molecular complexity index is 4560.